The first-order valence-corrected chi connectivity index (χ1v) is 5.89. The number of rotatable bonds is 3. The smallest absolute Gasteiger partial charge is 0.236 e. The maximum atomic E-state index is 11.7. The molecule has 0 saturated carbocycles. The SMILES string of the molecule is CC(C)C1(O)CN(C(=O)CNC(C)(C)C)C1. The van der Waals surface area contributed by atoms with E-state index in [2.05, 4.69) is 5.32 Å². The van der Waals surface area contributed by atoms with Gasteiger partial charge in [-0.3, -0.25) is 4.79 Å². The molecule has 4 heteroatoms. The monoisotopic (exact) mass is 228 g/mol. The molecule has 94 valence electrons. The zero-order valence-electron chi connectivity index (χ0n) is 11.0. The number of carbonyl (C=O) groups is 1. The highest BCUT2D eigenvalue weighted by molar-refractivity contribution is 5.79. The lowest BCUT2D eigenvalue weighted by molar-refractivity contribution is -0.163. The molecule has 0 aromatic rings. The third kappa shape index (κ3) is 3.19. The first-order valence-electron chi connectivity index (χ1n) is 5.89. The van der Waals surface area contributed by atoms with Crippen LogP contribution in [0.4, 0.5) is 0 Å². The molecule has 1 aliphatic rings. The van der Waals surface area contributed by atoms with Crippen molar-refractivity contribution < 1.29 is 9.90 Å². The van der Waals surface area contributed by atoms with Gasteiger partial charge >= 0.3 is 0 Å². The normalized spacial score (nSPS) is 19.8. The van der Waals surface area contributed by atoms with Crippen LogP contribution in [0.2, 0.25) is 0 Å². The summed E-state index contributed by atoms with van der Waals surface area (Å²) in [5.74, 6) is 0.271. The zero-order chi connectivity index (χ0) is 12.6. The summed E-state index contributed by atoms with van der Waals surface area (Å²) in [5.41, 5.74) is -0.716. The molecule has 0 radical (unpaired) electrons. The zero-order valence-corrected chi connectivity index (χ0v) is 11.0. The fraction of sp³-hybridized carbons (Fsp3) is 0.917. The van der Waals surface area contributed by atoms with Gasteiger partial charge in [0.05, 0.1) is 19.6 Å². The number of aliphatic hydroxyl groups is 1. The number of amides is 1. The highest BCUT2D eigenvalue weighted by atomic mass is 16.3. The number of hydrogen-bond acceptors (Lipinski definition) is 3. The van der Waals surface area contributed by atoms with Gasteiger partial charge < -0.3 is 15.3 Å². The van der Waals surface area contributed by atoms with Crippen molar-refractivity contribution in [3.8, 4) is 0 Å². The Balaban J connectivity index is 2.33. The summed E-state index contributed by atoms with van der Waals surface area (Å²) in [7, 11) is 0. The van der Waals surface area contributed by atoms with Gasteiger partial charge in [0.1, 0.15) is 5.60 Å². The van der Waals surface area contributed by atoms with Gasteiger partial charge in [-0.15, -0.1) is 0 Å². The van der Waals surface area contributed by atoms with Crippen molar-refractivity contribution in [3.63, 3.8) is 0 Å². The first kappa shape index (κ1) is 13.5. The third-order valence-electron chi connectivity index (χ3n) is 3.13. The number of nitrogens with one attached hydrogen (secondary N) is 1. The predicted molar refractivity (Wildman–Crippen MR) is 64.1 cm³/mol. The molecule has 0 aromatic carbocycles. The summed E-state index contributed by atoms with van der Waals surface area (Å²) in [4.78, 5) is 13.4. The summed E-state index contributed by atoms with van der Waals surface area (Å²) >= 11 is 0. The molecule has 0 aliphatic carbocycles. The number of nitrogens with zero attached hydrogens (tertiary/aromatic N) is 1. The Morgan fingerprint density at radius 1 is 1.44 bits per heavy atom. The Bertz CT molecular complexity index is 263. The van der Waals surface area contributed by atoms with Crippen molar-refractivity contribution in [2.24, 2.45) is 5.92 Å². The molecule has 1 fully saturated rings. The van der Waals surface area contributed by atoms with Crippen molar-refractivity contribution in [1.29, 1.82) is 0 Å². The van der Waals surface area contributed by atoms with Crippen LogP contribution in [0.5, 0.6) is 0 Å². The van der Waals surface area contributed by atoms with Gasteiger partial charge in [0.2, 0.25) is 5.91 Å². The molecular weight excluding hydrogens is 204 g/mol. The van der Waals surface area contributed by atoms with E-state index in [-0.39, 0.29) is 17.4 Å². The minimum absolute atomic E-state index is 0.0467. The first-order chi connectivity index (χ1) is 7.14. The quantitative estimate of drug-likeness (QED) is 0.744. The molecule has 0 spiro atoms. The average molecular weight is 228 g/mol. The molecule has 1 aliphatic heterocycles. The average Bonchev–Trinajstić information content (AvgIpc) is 2.07. The molecule has 2 N–H and O–H groups in total. The second-order valence-electron chi connectivity index (χ2n) is 6.11. The fourth-order valence-corrected chi connectivity index (χ4v) is 1.61. The van der Waals surface area contributed by atoms with E-state index in [0.29, 0.717) is 19.6 Å². The van der Waals surface area contributed by atoms with Gasteiger partial charge in [0.25, 0.3) is 0 Å². The fourth-order valence-electron chi connectivity index (χ4n) is 1.61. The van der Waals surface area contributed by atoms with Crippen molar-refractivity contribution in [2.45, 2.75) is 45.8 Å². The molecule has 4 nitrogen and oxygen atoms in total. The molecule has 1 heterocycles. The highest BCUT2D eigenvalue weighted by Gasteiger charge is 2.45. The Morgan fingerprint density at radius 2 is 1.94 bits per heavy atom. The van der Waals surface area contributed by atoms with Crippen LogP contribution >= 0.6 is 0 Å². The summed E-state index contributed by atoms with van der Waals surface area (Å²) in [6, 6.07) is 0. The van der Waals surface area contributed by atoms with Crippen LogP contribution < -0.4 is 5.32 Å². The van der Waals surface area contributed by atoms with E-state index in [0.717, 1.165) is 0 Å². The van der Waals surface area contributed by atoms with E-state index in [1.165, 1.54) is 0 Å². The molecule has 0 atom stereocenters. The van der Waals surface area contributed by atoms with E-state index in [1.54, 1.807) is 4.90 Å². The van der Waals surface area contributed by atoms with Crippen molar-refractivity contribution in [2.75, 3.05) is 19.6 Å². The number of hydrogen-bond donors (Lipinski definition) is 2. The molecule has 1 rings (SSSR count). The van der Waals surface area contributed by atoms with Crippen LogP contribution in [0, 0.1) is 5.92 Å². The van der Waals surface area contributed by atoms with Crippen LogP contribution in [0.3, 0.4) is 0 Å². The second-order valence-corrected chi connectivity index (χ2v) is 6.11. The van der Waals surface area contributed by atoms with Crippen molar-refractivity contribution in [1.82, 2.24) is 10.2 Å². The molecule has 0 unspecified atom stereocenters. The van der Waals surface area contributed by atoms with Crippen molar-refractivity contribution >= 4 is 5.91 Å². The minimum Gasteiger partial charge on any atom is -0.386 e. The largest absolute Gasteiger partial charge is 0.386 e. The number of carbonyl (C=O) groups excluding carboxylic acids is 1. The van der Waals surface area contributed by atoms with Gasteiger partial charge in [0, 0.05) is 5.54 Å². The van der Waals surface area contributed by atoms with Gasteiger partial charge in [-0.25, -0.2) is 0 Å². The summed E-state index contributed by atoms with van der Waals surface area (Å²) in [5, 5.41) is 13.2. The molecule has 1 amide bonds. The van der Waals surface area contributed by atoms with E-state index in [4.69, 9.17) is 0 Å². The Morgan fingerprint density at radius 3 is 2.31 bits per heavy atom. The molecule has 0 bridgehead atoms. The lowest BCUT2D eigenvalue weighted by Gasteiger charge is -2.49. The maximum Gasteiger partial charge on any atom is 0.236 e. The second kappa shape index (κ2) is 4.34. The van der Waals surface area contributed by atoms with E-state index >= 15 is 0 Å². The van der Waals surface area contributed by atoms with E-state index in [9.17, 15) is 9.90 Å². The van der Waals surface area contributed by atoms with Gasteiger partial charge in [-0.1, -0.05) is 13.8 Å². The van der Waals surface area contributed by atoms with Crippen LogP contribution in [0.1, 0.15) is 34.6 Å². The van der Waals surface area contributed by atoms with E-state index < -0.39 is 5.60 Å². The highest BCUT2D eigenvalue weighted by Crippen LogP contribution is 2.28. The molecule has 16 heavy (non-hydrogen) atoms. The van der Waals surface area contributed by atoms with Crippen LogP contribution in [0.15, 0.2) is 0 Å². The summed E-state index contributed by atoms with van der Waals surface area (Å²) in [6.45, 7) is 11.3. The van der Waals surface area contributed by atoms with Crippen LogP contribution in [-0.4, -0.2) is 46.7 Å². The number of likely N-dealkylation sites (tertiary alicyclic amines) is 1. The predicted octanol–water partition coefficient (Wildman–Crippen LogP) is 0.604. The van der Waals surface area contributed by atoms with Crippen LogP contribution in [0.25, 0.3) is 0 Å². The molecule has 1 saturated heterocycles. The van der Waals surface area contributed by atoms with Crippen LogP contribution in [-0.2, 0) is 4.79 Å². The van der Waals surface area contributed by atoms with Gasteiger partial charge in [0.15, 0.2) is 0 Å². The van der Waals surface area contributed by atoms with E-state index in [1.807, 2.05) is 34.6 Å². The van der Waals surface area contributed by atoms with Gasteiger partial charge in [-0.05, 0) is 26.7 Å². The third-order valence-corrected chi connectivity index (χ3v) is 3.13. The Hall–Kier alpha value is -0.610. The topological polar surface area (TPSA) is 52.6 Å². The standard InChI is InChI=1S/C12H24N2O2/c1-9(2)12(16)7-14(8-12)10(15)6-13-11(3,4)5/h9,13,16H,6-8H2,1-5H3. The Kier molecular flexibility index (Phi) is 3.65. The molecule has 0 aromatic heterocycles. The lowest BCUT2D eigenvalue weighted by Crippen LogP contribution is -2.67. The lowest BCUT2D eigenvalue weighted by atomic mass is 9.83. The number of β-amino-alcohol motifs (C(OH)–C–C–N with tert-alkyl or cyclic N) is 1. The Labute approximate surface area is 98.0 Å². The van der Waals surface area contributed by atoms with Gasteiger partial charge in [-0.2, -0.15) is 0 Å². The maximum absolute atomic E-state index is 11.7. The summed E-state index contributed by atoms with van der Waals surface area (Å²) in [6.07, 6.45) is 0. The summed E-state index contributed by atoms with van der Waals surface area (Å²) < 4.78 is 0. The van der Waals surface area contributed by atoms with Crippen molar-refractivity contribution in [3.05, 3.63) is 0 Å². The molecular formula is C12H24N2O2. The minimum atomic E-state index is -0.669.